The maximum atomic E-state index is 12.1. The van der Waals surface area contributed by atoms with E-state index in [1.54, 1.807) is 19.1 Å². The van der Waals surface area contributed by atoms with Crippen LogP contribution in [0.1, 0.15) is 16.1 Å². The van der Waals surface area contributed by atoms with Crippen LogP contribution in [0.5, 0.6) is 11.5 Å². The first-order chi connectivity index (χ1) is 9.65. The normalized spacial score (nSPS) is 13.1. The molecule has 7 heteroatoms. The van der Waals surface area contributed by atoms with Crippen molar-refractivity contribution in [2.75, 3.05) is 24.3 Å². The minimum atomic E-state index is -0.341. The van der Waals surface area contributed by atoms with Gasteiger partial charge in [-0.3, -0.25) is 4.79 Å². The number of aryl methyl sites for hydroxylation is 1. The largest absolute Gasteiger partial charge is 0.486 e. The van der Waals surface area contributed by atoms with Crippen molar-refractivity contribution in [3.63, 3.8) is 0 Å². The van der Waals surface area contributed by atoms with E-state index in [2.05, 4.69) is 10.5 Å². The van der Waals surface area contributed by atoms with Crippen LogP contribution < -0.4 is 20.5 Å². The fraction of sp³-hybridized carbons (Fsp3) is 0.231. The van der Waals surface area contributed by atoms with Gasteiger partial charge in [-0.15, -0.1) is 0 Å². The molecule has 1 aliphatic heterocycles. The molecule has 0 bridgehead atoms. The zero-order chi connectivity index (χ0) is 14.1. The molecule has 1 aromatic carbocycles. The number of carbonyl (C=O) groups is 1. The molecule has 0 fully saturated rings. The van der Waals surface area contributed by atoms with Crippen LogP contribution in [0.2, 0.25) is 0 Å². The molecule has 0 spiro atoms. The Morgan fingerprint density at radius 1 is 1.30 bits per heavy atom. The van der Waals surface area contributed by atoms with Crippen LogP contribution in [0.15, 0.2) is 22.9 Å². The molecule has 2 aromatic rings. The van der Waals surface area contributed by atoms with Crippen molar-refractivity contribution in [3.05, 3.63) is 29.7 Å². The van der Waals surface area contributed by atoms with Gasteiger partial charge in [-0.1, -0.05) is 5.16 Å². The molecule has 0 unspecified atom stereocenters. The van der Waals surface area contributed by atoms with E-state index in [1.165, 1.54) is 6.20 Å². The van der Waals surface area contributed by atoms with Crippen LogP contribution in [0.4, 0.5) is 11.4 Å². The summed E-state index contributed by atoms with van der Waals surface area (Å²) in [6.07, 6.45) is 1.36. The minimum Gasteiger partial charge on any atom is -0.486 e. The molecule has 7 nitrogen and oxygen atoms in total. The van der Waals surface area contributed by atoms with Crippen LogP contribution in [0.25, 0.3) is 0 Å². The van der Waals surface area contributed by atoms with E-state index < -0.39 is 0 Å². The first-order valence-corrected chi connectivity index (χ1v) is 6.07. The van der Waals surface area contributed by atoms with E-state index in [0.717, 1.165) is 0 Å². The van der Waals surface area contributed by atoms with Gasteiger partial charge >= 0.3 is 0 Å². The molecule has 0 atom stereocenters. The molecule has 3 N–H and O–H groups in total. The highest BCUT2D eigenvalue weighted by atomic mass is 16.6. The highest BCUT2D eigenvalue weighted by Gasteiger charge is 2.18. The van der Waals surface area contributed by atoms with Gasteiger partial charge in [0.2, 0.25) is 0 Å². The molecule has 0 saturated carbocycles. The Kier molecular flexibility index (Phi) is 2.94. The van der Waals surface area contributed by atoms with Gasteiger partial charge < -0.3 is 25.0 Å². The van der Waals surface area contributed by atoms with Gasteiger partial charge in [0.25, 0.3) is 5.91 Å². The predicted octanol–water partition coefficient (Wildman–Crippen LogP) is 1.59. The summed E-state index contributed by atoms with van der Waals surface area (Å²) >= 11 is 0. The lowest BCUT2D eigenvalue weighted by Crippen LogP contribution is -2.17. The second-order valence-corrected chi connectivity index (χ2v) is 4.33. The lowest BCUT2D eigenvalue weighted by atomic mass is 10.2. The van der Waals surface area contributed by atoms with Crippen LogP contribution >= 0.6 is 0 Å². The zero-order valence-electron chi connectivity index (χ0n) is 10.8. The summed E-state index contributed by atoms with van der Waals surface area (Å²) in [7, 11) is 0. The van der Waals surface area contributed by atoms with Gasteiger partial charge in [0.05, 0.1) is 17.6 Å². The highest BCUT2D eigenvalue weighted by Crippen LogP contribution is 2.37. The first-order valence-electron chi connectivity index (χ1n) is 6.07. The first kappa shape index (κ1) is 12.3. The van der Waals surface area contributed by atoms with E-state index in [0.29, 0.717) is 47.4 Å². The molecule has 104 valence electrons. The number of nitrogens with one attached hydrogen (secondary N) is 1. The molecule has 2 heterocycles. The molecule has 20 heavy (non-hydrogen) atoms. The van der Waals surface area contributed by atoms with E-state index in [9.17, 15) is 4.79 Å². The predicted molar refractivity (Wildman–Crippen MR) is 71.0 cm³/mol. The number of aromatic nitrogens is 1. The van der Waals surface area contributed by atoms with Gasteiger partial charge in [-0.2, -0.15) is 0 Å². The number of fused-ring (bicyclic) bond motifs is 1. The Labute approximate surface area is 114 Å². The third-order valence-corrected chi connectivity index (χ3v) is 2.96. The van der Waals surface area contributed by atoms with Crippen LogP contribution in [-0.4, -0.2) is 24.3 Å². The Bertz CT molecular complexity index is 666. The van der Waals surface area contributed by atoms with Crippen molar-refractivity contribution in [2.24, 2.45) is 0 Å². The summed E-state index contributed by atoms with van der Waals surface area (Å²) in [4.78, 5) is 12.1. The monoisotopic (exact) mass is 275 g/mol. The molecule has 1 aliphatic rings. The van der Waals surface area contributed by atoms with E-state index in [4.69, 9.17) is 19.7 Å². The fourth-order valence-corrected chi connectivity index (χ4v) is 1.92. The Morgan fingerprint density at radius 2 is 2.00 bits per heavy atom. The van der Waals surface area contributed by atoms with Gasteiger partial charge in [-0.25, -0.2) is 0 Å². The summed E-state index contributed by atoms with van der Waals surface area (Å²) in [6, 6.07) is 3.27. The number of nitrogens with two attached hydrogens (primary N) is 1. The summed E-state index contributed by atoms with van der Waals surface area (Å²) < 4.78 is 15.7. The highest BCUT2D eigenvalue weighted by molar-refractivity contribution is 6.06. The third kappa shape index (κ3) is 2.13. The average Bonchev–Trinajstić information content (AvgIpc) is 2.86. The van der Waals surface area contributed by atoms with Crippen molar-refractivity contribution in [1.29, 1.82) is 0 Å². The third-order valence-electron chi connectivity index (χ3n) is 2.96. The van der Waals surface area contributed by atoms with Crippen molar-refractivity contribution in [2.45, 2.75) is 6.92 Å². The molecule has 0 radical (unpaired) electrons. The van der Waals surface area contributed by atoms with E-state index in [-0.39, 0.29) is 5.91 Å². The van der Waals surface area contributed by atoms with Crippen molar-refractivity contribution in [3.8, 4) is 11.5 Å². The number of hydrogen-bond acceptors (Lipinski definition) is 6. The van der Waals surface area contributed by atoms with Gasteiger partial charge in [-0.05, 0) is 6.92 Å². The van der Waals surface area contributed by atoms with E-state index >= 15 is 0 Å². The Hall–Kier alpha value is -2.70. The molecule has 1 aromatic heterocycles. The van der Waals surface area contributed by atoms with Gasteiger partial charge in [0.15, 0.2) is 11.5 Å². The topological polar surface area (TPSA) is 99.6 Å². The average molecular weight is 275 g/mol. The Balaban J connectivity index is 1.87. The molecule has 0 saturated heterocycles. The number of anilines is 2. The number of nitrogens with zero attached hydrogens (tertiary/aromatic N) is 1. The second-order valence-electron chi connectivity index (χ2n) is 4.33. The van der Waals surface area contributed by atoms with E-state index in [1.807, 2.05) is 0 Å². The molecular weight excluding hydrogens is 262 g/mol. The maximum absolute atomic E-state index is 12.1. The SMILES string of the molecule is Cc1oncc1C(=O)Nc1cc2c(cc1N)OCCO2. The fourth-order valence-electron chi connectivity index (χ4n) is 1.92. The standard InChI is InChI=1S/C13H13N3O4/c1-7-8(6-15-20-7)13(17)16-10-5-12-11(4-9(10)14)18-2-3-19-12/h4-6H,2-3,14H2,1H3,(H,16,17). The summed E-state index contributed by atoms with van der Waals surface area (Å²) in [5.74, 6) is 1.24. The number of amides is 1. The Morgan fingerprint density at radius 3 is 2.65 bits per heavy atom. The number of carbonyl (C=O) groups excluding carboxylic acids is 1. The minimum absolute atomic E-state index is 0.341. The van der Waals surface area contributed by atoms with Crippen molar-refractivity contribution < 1.29 is 18.8 Å². The molecule has 1 amide bonds. The summed E-state index contributed by atoms with van der Waals surface area (Å²) in [6.45, 7) is 2.61. The summed E-state index contributed by atoms with van der Waals surface area (Å²) in [5, 5.41) is 6.27. The van der Waals surface area contributed by atoms with Gasteiger partial charge in [0, 0.05) is 12.1 Å². The molecule has 3 rings (SSSR count). The van der Waals surface area contributed by atoms with Crippen LogP contribution in [-0.2, 0) is 0 Å². The number of hydrogen-bond donors (Lipinski definition) is 2. The molecule has 0 aliphatic carbocycles. The number of ether oxygens (including phenoxy) is 2. The smallest absolute Gasteiger partial charge is 0.260 e. The number of rotatable bonds is 2. The lowest BCUT2D eigenvalue weighted by molar-refractivity contribution is 0.102. The number of nitrogen functional groups attached to an aromatic ring is 1. The zero-order valence-corrected chi connectivity index (χ0v) is 10.8. The van der Waals surface area contributed by atoms with Crippen molar-refractivity contribution in [1.82, 2.24) is 5.16 Å². The lowest BCUT2D eigenvalue weighted by Gasteiger charge is -2.20. The van der Waals surface area contributed by atoms with Crippen LogP contribution in [0, 0.1) is 6.92 Å². The maximum Gasteiger partial charge on any atom is 0.260 e. The van der Waals surface area contributed by atoms with Gasteiger partial charge in [0.1, 0.15) is 24.5 Å². The molecular formula is C13H13N3O4. The van der Waals surface area contributed by atoms with Crippen LogP contribution in [0.3, 0.4) is 0 Å². The summed E-state index contributed by atoms with van der Waals surface area (Å²) in [5.41, 5.74) is 7.11. The van der Waals surface area contributed by atoms with Crippen molar-refractivity contribution >= 4 is 17.3 Å². The second kappa shape index (κ2) is 4.76. The number of benzene rings is 1. The quantitative estimate of drug-likeness (QED) is 0.807.